The molecule has 0 spiro atoms. The quantitative estimate of drug-likeness (QED) is 0.143. The van der Waals surface area contributed by atoms with Gasteiger partial charge < -0.3 is 20.1 Å². The Morgan fingerprint density at radius 3 is 2.60 bits per heavy atom. The Kier molecular flexibility index (Phi) is 13.8. The first-order chi connectivity index (χ1) is 16.9. The molecule has 0 aromatic heterocycles. The third kappa shape index (κ3) is 11.5. The molecule has 0 unspecified atom stereocenters. The summed E-state index contributed by atoms with van der Waals surface area (Å²) in [5.41, 5.74) is 1.30. The van der Waals surface area contributed by atoms with Gasteiger partial charge in [0.05, 0.1) is 12.2 Å². The van der Waals surface area contributed by atoms with Gasteiger partial charge in [0.25, 0.3) is 0 Å². The predicted octanol–water partition coefficient (Wildman–Crippen LogP) is 5.63. The molecule has 0 bridgehead atoms. The molecule has 0 heterocycles. The van der Waals surface area contributed by atoms with Gasteiger partial charge in [-0.2, -0.15) is 0 Å². The lowest BCUT2D eigenvalue weighted by molar-refractivity contribution is -0.140. The summed E-state index contributed by atoms with van der Waals surface area (Å²) in [6, 6.07) is 10.3. The Hall–Kier alpha value is -2.09. The van der Waals surface area contributed by atoms with Gasteiger partial charge in [-0.05, 0) is 49.8 Å². The lowest BCUT2D eigenvalue weighted by Crippen LogP contribution is -2.14. The van der Waals surface area contributed by atoms with E-state index in [2.05, 4.69) is 12.1 Å². The first kappa shape index (κ1) is 29.1. The van der Waals surface area contributed by atoms with E-state index in [-0.39, 0.29) is 24.7 Å². The summed E-state index contributed by atoms with van der Waals surface area (Å²) < 4.78 is 5.59. The molecule has 3 N–H and O–H groups in total. The number of hydrogen-bond acceptors (Lipinski definition) is 6. The van der Waals surface area contributed by atoms with E-state index in [1.54, 1.807) is 17.8 Å². The van der Waals surface area contributed by atoms with E-state index in [1.165, 1.54) is 5.56 Å². The van der Waals surface area contributed by atoms with Gasteiger partial charge in [-0.3, -0.25) is 9.59 Å². The van der Waals surface area contributed by atoms with Crippen LogP contribution in [0.2, 0.25) is 0 Å². The summed E-state index contributed by atoms with van der Waals surface area (Å²) in [6.07, 6.45) is 9.61. The summed E-state index contributed by atoms with van der Waals surface area (Å²) >= 11 is 1.56. The molecular formula is C28H40O6S. The molecule has 1 aromatic rings. The number of benzene rings is 1. The van der Waals surface area contributed by atoms with Crippen LogP contribution < -0.4 is 0 Å². The molecule has 0 radical (unpaired) electrons. The summed E-state index contributed by atoms with van der Waals surface area (Å²) in [4.78, 5) is 23.6. The minimum absolute atomic E-state index is 0.167. The van der Waals surface area contributed by atoms with Crippen LogP contribution in [0, 0.1) is 5.92 Å². The zero-order chi connectivity index (χ0) is 25.5. The van der Waals surface area contributed by atoms with Crippen LogP contribution in [-0.4, -0.2) is 45.2 Å². The Morgan fingerprint density at radius 2 is 1.89 bits per heavy atom. The largest absolute Gasteiger partial charge is 0.481 e. The van der Waals surface area contributed by atoms with Crippen molar-refractivity contribution < 1.29 is 29.6 Å². The molecule has 1 aliphatic carbocycles. The molecular weight excluding hydrogens is 464 g/mol. The molecule has 194 valence electrons. The summed E-state index contributed by atoms with van der Waals surface area (Å²) in [6.45, 7) is 1.92. The van der Waals surface area contributed by atoms with Gasteiger partial charge >= 0.3 is 11.9 Å². The fraction of sp³-hybridized carbons (Fsp3) is 0.571. The van der Waals surface area contributed by atoms with E-state index in [0.717, 1.165) is 42.8 Å². The molecule has 1 aliphatic rings. The number of carboxylic acid groups (broad SMARTS) is 1. The number of hydrogen-bond donors (Lipinski definition) is 3. The number of aliphatic hydroxyl groups is 2. The van der Waals surface area contributed by atoms with E-state index in [0.29, 0.717) is 31.4 Å². The standard InChI is InChI=1S/C28H40O6S/c1-2-11-27(33)34-25-20-24(30)23(28(25)35-19-10-4-7-16-26(31)32)18-17-22(29)15-9-8-14-21-12-5-3-6-13-21/h3,5-6,12-13,17-18,22-24,29-30H,2,4,7-11,14-16,19-20H2,1H3,(H,31,32)/b18-17+/t22-,23+,24-/m1/s1. The fourth-order valence-corrected chi connectivity index (χ4v) is 5.35. The number of carboxylic acids is 1. The number of carbonyl (C=O) groups excluding carboxylic acids is 1. The summed E-state index contributed by atoms with van der Waals surface area (Å²) in [5, 5.41) is 29.9. The van der Waals surface area contributed by atoms with Crippen molar-refractivity contribution >= 4 is 23.7 Å². The molecule has 1 aromatic carbocycles. The van der Waals surface area contributed by atoms with Crippen molar-refractivity contribution in [3.05, 3.63) is 58.7 Å². The lowest BCUT2D eigenvalue weighted by atomic mass is 10.0. The monoisotopic (exact) mass is 504 g/mol. The van der Waals surface area contributed by atoms with Gasteiger partial charge in [0, 0.05) is 30.1 Å². The van der Waals surface area contributed by atoms with Gasteiger partial charge in [-0.25, -0.2) is 0 Å². The summed E-state index contributed by atoms with van der Waals surface area (Å²) in [5.74, 6) is -0.116. The van der Waals surface area contributed by atoms with Gasteiger partial charge in [0.2, 0.25) is 0 Å². The minimum atomic E-state index is -0.784. The van der Waals surface area contributed by atoms with Crippen LogP contribution in [-0.2, 0) is 20.7 Å². The maximum atomic E-state index is 12.1. The van der Waals surface area contributed by atoms with Crippen molar-refractivity contribution in [2.24, 2.45) is 5.92 Å². The van der Waals surface area contributed by atoms with Gasteiger partial charge in [0.15, 0.2) is 0 Å². The highest BCUT2D eigenvalue weighted by atomic mass is 32.2. The molecule has 6 nitrogen and oxygen atoms in total. The number of aryl methyl sites for hydroxylation is 1. The summed E-state index contributed by atoms with van der Waals surface area (Å²) in [7, 11) is 0. The molecule has 0 amide bonds. The van der Waals surface area contributed by atoms with E-state index in [1.807, 2.05) is 31.2 Å². The molecule has 0 fully saturated rings. The number of thioether (sulfide) groups is 1. The highest BCUT2D eigenvalue weighted by molar-refractivity contribution is 8.03. The van der Waals surface area contributed by atoms with Crippen LogP contribution in [0.1, 0.15) is 76.7 Å². The number of unbranched alkanes of at least 4 members (excludes halogenated alkanes) is 3. The number of esters is 1. The first-order valence-corrected chi connectivity index (χ1v) is 13.8. The molecule has 2 rings (SSSR count). The van der Waals surface area contributed by atoms with Crippen LogP contribution in [0.5, 0.6) is 0 Å². The predicted molar refractivity (Wildman–Crippen MR) is 140 cm³/mol. The molecule has 7 heteroatoms. The number of rotatable bonds is 17. The van der Waals surface area contributed by atoms with E-state index in [4.69, 9.17) is 9.84 Å². The Morgan fingerprint density at radius 1 is 1.11 bits per heavy atom. The first-order valence-electron chi connectivity index (χ1n) is 12.8. The maximum absolute atomic E-state index is 12.1. The van der Waals surface area contributed by atoms with Crippen LogP contribution in [0.15, 0.2) is 53.1 Å². The van der Waals surface area contributed by atoms with Gasteiger partial charge in [-0.15, -0.1) is 11.8 Å². The lowest BCUT2D eigenvalue weighted by Gasteiger charge is -2.15. The second kappa shape index (κ2) is 16.6. The Bertz CT molecular complexity index is 835. The smallest absolute Gasteiger partial charge is 0.310 e. The van der Waals surface area contributed by atoms with E-state index < -0.39 is 18.2 Å². The number of ether oxygens (including phenoxy) is 1. The number of aliphatic carboxylic acids is 1. The zero-order valence-electron chi connectivity index (χ0n) is 20.7. The minimum Gasteiger partial charge on any atom is -0.481 e. The Balaban J connectivity index is 1.90. The number of carbonyl (C=O) groups is 2. The SMILES string of the molecule is CCCC(=O)OC1=C(SCCCCCC(=O)O)[C@@H](/C=C/[C@H](O)CCCCc2ccccc2)[C@H](O)C1. The molecule has 0 saturated carbocycles. The van der Waals surface area contributed by atoms with Gasteiger partial charge in [-0.1, -0.05) is 62.2 Å². The van der Waals surface area contributed by atoms with Gasteiger partial charge in [0.1, 0.15) is 5.76 Å². The van der Waals surface area contributed by atoms with E-state index >= 15 is 0 Å². The van der Waals surface area contributed by atoms with Crippen molar-refractivity contribution in [1.29, 1.82) is 0 Å². The third-order valence-corrected chi connectivity index (χ3v) is 7.27. The fourth-order valence-electron chi connectivity index (χ4n) is 4.06. The van der Waals surface area contributed by atoms with Crippen LogP contribution >= 0.6 is 11.8 Å². The van der Waals surface area contributed by atoms with Crippen molar-refractivity contribution in [3.63, 3.8) is 0 Å². The van der Waals surface area contributed by atoms with Crippen LogP contribution in [0.3, 0.4) is 0 Å². The normalized spacial score (nSPS) is 18.8. The average molecular weight is 505 g/mol. The van der Waals surface area contributed by atoms with E-state index in [9.17, 15) is 19.8 Å². The van der Waals surface area contributed by atoms with Crippen molar-refractivity contribution in [1.82, 2.24) is 0 Å². The van der Waals surface area contributed by atoms with Crippen LogP contribution in [0.25, 0.3) is 0 Å². The molecule has 35 heavy (non-hydrogen) atoms. The van der Waals surface area contributed by atoms with Crippen molar-refractivity contribution in [2.45, 2.75) is 89.8 Å². The zero-order valence-corrected chi connectivity index (χ0v) is 21.5. The second-order valence-electron chi connectivity index (χ2n) is 9.05. The molecule has 3 atom stereocenters. The number of aliphatic hydroxyl groups excluding tert-OH is 2. The maximum Gasteiger partial charge on any atom is 0.310 e. The second-order valence-corrected chi connectivity index (χ2v) is 10.2. The highest BCUT2D eigenvalue weighted by Crippen LogP contribution is 2.41. The molecule has 0 aliphatic heterocycles. The topological polar surface area (TPSA) is 104 Å². The third-order valence-electron chi connectivity index (χ3n) is 5.97. The van der Waals surface area contributed by atoms with Crippen LogP contribution in [0.4, 0.5) is 0 Å². The highest BCUT2D eigenvalue weighted by Gasteiger charge is 2.34. The Labute approximate surface area is 213 Å². The molecule has 0 saturated heterocycles. The van der Waals surface area contributed by atoms with Crippen molar-refractivity contribution in [2.75, 3.05) is 5.75 Å². The van der Waals surface area contributed by atoms with Crippen molar-refractivity contribution in [3.8, 4) is 0 Å². The average Bonchev–Trinajstić information content (AvgIpc) is 3.11.